The van der Waals surface area contributed by atoms with Crippen LogP contribution in [-0.2, 0) is 0 Å². The van der Waals surface area contributed by atoms with Gasteiger partial charge in [-0.25, -0.2) is 9.37 Å². The fraction of sp³-hybridized carbons (Fsp3) is 0.0588. The van der Waals surface area contributed by atoms with Crippen molar-refractivity contribution in [1.82, 2.24) is 9.38 Å². The summed E-state index contributed by atoms with van der Waals surface area (Å²) in [6.45, 7) is 1.87. The molecule has 0 unspecified atom stereocenters. The van der Waals surface area contributed by atoms with Gasteiger partial charge in [-0.3, -0.25) is 9.20 Å². The maximum absolute atomic E-state index is 13.2. The normalized spacial score (nSPS) is 11.9. The third-order valence-electron chi connectivity index (χ3n) is 3.27. The molecule has 0 radical (unpaired) electrons. The highest BCUT2D eigenvalue weighted by molar-refractivity contribution is 6.51. The molecule has 0 saturated heterocycles. The molecule has 3 rings (SSSR count). The summed E-state index contributed by atoms with van der Waals surface area (Å²) < 4.78 is 14.7. The van der Waals surface area contributed by atoms with Gasteiger partial charge in [0.05, 0.1) is 10.7 Å². The first-order valence-electron chi connectivity index (χ1n) is 6.67. The third kappa shape index (κ3) is 2.78. The maximum atomic E-state index is 13.2. The van der Waals surface area contributed by atoms with Crippen molar-refractivity contribution in [3.8, 4) is 0 Å². The van der Waals surface area contributed by atoms with Crippen molar-refractivity contribution in [2.45, 2.75) is 6.92 Å². The van der Waals surface area contributed by atoms with Crippen LogP contribution in [0.1, 0.15) is 16.8 Å². The zero-order chi connectivity index (χ0) is 15.7. The van der Waals surface area contributed by atoms with Gasteiger partial charge in [-0.15, -0.1) is 0 Å². The van der Waals surface area contributed by atoms with Crippen LogP contribution in [0.25, 0.3) is 16.8 Å². The van der Waals surface area contributed by atoms with Crippen LogP contribution in [-0.4, -0.2) is 9.38 Å². The molecule has 2 heterocycles. The second-order valence-corrected chi connectivity index (χ2v) is 5.32. The Balaban J connectivity index is 2.14. The Hall–Kier alpha value is -2.46. The molecule has 110 valence electrons. The van der Waals surface area contributed by atoms with E-state index in [1.54, 1.807) is 30.5 Å². The zero-order valence-electron chi connectivity index (χ0n) is 11.8. The summed E-state index contributed by atoms with van der Waals surface area (Å²) in [6.07, 6.45) is 3.24. The topological polar surface area (TPSA) is 34.4 Å². The molecule has 0 bridgehead atoms. The van der Waals surface area contributed by atoms with E-state index in [1.165, 1.54) is 22.6 Å². The minimum Gasteiger partial charge on any atom is -0.269 e. The molecule has 0 fully saturated rings. The van der Waals surface area contributed by atoms with Gasteiger partial charge in [-0.1, -0.05) is 29.8 Å². The molecule has 22 heavy (non-hydrogen) atoms. The average Bonchev–Trinajstić information content (AvgIpc) is 2.48. The summed E-state index contributed by atoms with van der Waals surface area (Å²) in [6, 6.07) is 11.1. The summed E-state index contributed by atoms with van der Waals surface area (Å²) in [5, 5.41) is 0.286. The summed E-state index contributed by atoms with van der Waals surface area (Å²) in [5.41, 5.74) is 2.18. The van der Waals surface area contributed by atoms with Gasteiger partial charge < -0.3 is 0 Å². The lowest BCUT2D eigenvalue weighted by Gasteiger charge is -2.05. The van der Waals surface area contributed by atoms with E-state index < -0.39 is 0 Å². The predicted molar refractivity (Wildman–Crippen MR) is 86.3 cm³/mol. The van der Waals surface area contributed by atoms with Crippen molar-refractivity contribution in [2.24, 2.45) is 0 Å². The van der Waals surface area contributed by atoms with Crippen LogP contribution in [0.5, 0.6) is 0 Å². The number of pyridine rings is 1. The van der Waals surface area contributed by atoms with Crippen molar-refractivity contribution < 1.29 is 4.39 Å². The number of nitrogens with zero attached hydrogens (tertiary/aromatic N) is 2. The van der Waals surface area contributed by atoms with Gasteiger partial charge in [0.1, 0.15) is 11.5 Å². The smallest absolute Gasteiger partial charge is 0.258 e. The highest BCUT2D eigenvalue weighted by Crippen LogP contribution is 2.21. The van der Waals surface area contributed by atoms with E-state index >= 15 is 0 Å². The summed E-state index contributed by atoms with van der Waals surface area (Å²) >= 11 is 6.25. The molecule has 5 heteroatoms. The standard InChI is InChI=1S/C17H12ClFN2O/c1-11-4-3-7-21-16(22)10-15(20-17(11)21)14(18)9-12-5-2-6-13(19)8-12/h2-10H,1H3/b14-9-. The molecule has 1 aromatic carbocycles. The van der Waals surface area contributed by atoms with Crippen molar-refractivity contribution in [3.63, 3.8) is 0 Å². The highest BCUT2D eigenvalue weighted by Gasteiger charge is 2.07. The maximum Gasteiger partial charge on any atom is 0.258 e. The SMILES string of the molecule is Cc1cccn2c(=O)cc(/C(Cl)=C/c3cccc(F)c3)nc12. The molecule has 0 amide bonds. The van der Waals surface area contributed by atoms with Crippen LogP contribution >= 0.6 is 11.6 Å². The van der Waals surface area contributed by atoms with Crippen LogP contribution in [0.15, 0.2) is 53.5 Å². The molecular weight excluding hydrogens is 303 g/mol. The average molecular weight is 315 g/mol. The monoisotopic (exact) mass is 314 g/mol. The number of halogens is 2. The van der Waals surface area contributed by atoms with Gasteiger partial charge in [0.25, 0.3) is 5.56 Å². The van der Waals surface area contributed by atoms with E-state index in [0.29, 0.717) is 16.9 Å². The van der Waals surface area contributed by atoms with Gasteiger partial charge in [-0.05, 0) is 42.3 Å². The van der Waals surface area contributed by atoms with E-state index in [1.807, 2.05) is 13.0 Å². The lowest BCUT2D eigenvalue weighted by Crippen LogP contribution is -2.15. The summed E-state index contributed by atoms with van der Waals surface area (Å²) in [5.74, 6) is -0.347. The van der Waals surface area contributed by atoms with Crippen LogP contribution < -0.4 is 5.56 Å². The van der Waals surface area contributed by atoms with E-state index in [2.05, 4.69) is 4.98 Å². The van der Waals surface area contributed by atoms with E-state index in [9.17, 15) is 9.18 Å². The Bertz CT molecular complexity index is 947. The Kier molecular flexibility index (Phi) is 3.77. The third-order valence-corrected chi connectivity index (χ3v) is 3.58. The van der Waals surface area contributed by atoms with Crippen molar-refractivity contribution in [1.29, 1.82) is 0 Å². The Labute approximate surface area is 131 Å². The molecule has 3 aromatic rings. The predicted octanol–water partition coefficient (Wildman–Crippen LogP) is 3.88. The van der Waals surface area contributed by atoms with Gasteiger partial charge in [0.15, 0.2) is 0 Å². The van der Waals surface area contributed by atoms with Gasteiger partial charge in [0, 0.05) is 12.3 Å². The lowest BCUT2D eigenvalue weighted by atomic mass is 10.2. The lowest BCUT2D eigenvalue weighted by molar-refractivity contribution is 0.627. The Morgan fingerprint density at radius 2 is 2.09 bits per heavy atom. The molecule has 3 nitrogen and oxygen atoms in total. The molecule has 0 atom stereocenters. The fourth-order valence-electron chi connectivity index (χ4n) is 2.20. The minimum absolute atomic E-state index is 0.213. The van der Waals surface area contributed by atoms with E-state index in [4.69, 9.17) is 11.6 Å². The molecular formula is C17H12ClFN2O. The molecule has 2 aromatic heterocycles. The van der Waals surface area contributed by atoms with E-state index in [-0.39, 0.29) is 16.4 Å². The number of hydrogen-bond donors (Lipinski definition) is 0. The van der Waals surface area contributed by atoms with Crippen LogP contribution in [0, 0.1) is 12.7 Å². The first kappa shape index (κ1) is 14.5. The summed E-state index contributed by atoms with van der Waals surface area (Å²) in [4.78, 5) is 16.6. The van der Waals surface area contributed by atoms with Crippen LogP contribution in [0.2, 0.25) is 0 Å². The second-order valence-electron chi connectivity index (χ2n) is 4.91. The van der Waals surface area contributed by atoms with Crippen molar-refractivity contribution >= 4 is 28.4 Å². The fourth-order valence-corrected chi connectivity index (χ4v) is 2.42. The zero-order valence-corrected chi connectivity index (χ0v) is 12.5. The first-order valence-corrected chi connectivity index (χ1v) is 7.04. The van der Waals surface area contributed by atoms with Gasteiger partial charge in [0.2, 0.25) is 0 Å². The van der Waals surface area contributed by atoms with Crippen LogP contribution in [0.3, 0.4) is 0 Å². The van der Waals surface area contributed by atoms with E-state index in [0.717, 1.165) is 5.56 Å². The van der Waals surface area contributed by atoms with Crippen molar-refractivity contribution in [2.75, 3.05) is 0 Å². The van der Waals surface area contributed by atoms with Gasteiger partial charge >= 0.3 is 0 Å². The molecule has 0 N–H and O–H groups in total. The first-order chi connectivity index (χ1) is 10.5. The largest absolute Gasteiger partial charge is 0.269 e. The quantitative estimate of drug-likeness (QED) is 0.719. The minimum atomic E-state index is -0.347. The molecule has 0 spiro atoms. The number of benzene rings is 1. The molecule has 0 aliphatic heterocycles. The highest BCUT2D eigenvalue weighted by atomic mass is 35.5. The summed E-state index contributed by atoms with van der Waals surface area (Å²) in [7, 11) is 0. The molecule has 0 saturated carbocycles. The Morgan fingerprint density at radius 3 is 2.86 bits per heavy atom. The number of fused-ring (bicyclic) bond motifs is 1. The molecule has 0 aliphatic rings. The number of aryl methyl sites for hydroxylation is 1. The number of rotatable bonds is 2. The number of hydrogen-bond acceptors (Lipinski definition) is 2. The second kappa shape index (κ2) is 5.73. The molecule has 0 aliphatic carbocycles. The van der Waals surface area contributed by atoms with Gasteiger partial charge in [-0.2, -0.15) is 0 Å². The Morgan fingerprint density at radius 1 is 1.27 bits per heavy atom. The van der Waals surface area contributed by atoms with Crippen LogP contribution in [0.4, 0.5) is 4.39 Å². The number of aromatic nitrogens is 2. The van der Waals surface area contributed by atoms with Crippen molar-refractivity contribution in [3.05, 3.63) is 81.7 Å².